The first-order valence-corrected chi connectivity index (χ1v) is 10.2. The molecule has 26 heavy (non-hydrogen) atoms. The SMILES string of the molecule is CCc1noc(CN(CC)C(=O)[C@@]23C[C@@H]4C[C@](O)(C[C@@](CC)(C4)C2)C3)n1. The number of aliphatic hydroxyl groups is 1. The molecule has 4 aliphatic rings. The number of rotatable bonds is 6. The molecule has 1 aromatic heterocycles. The van der Waals surface area contributed by atoms with Crippen molar-refractivity contribution in [3.05, 3.63) is 11.7 Å². The van der Waals surface area contributed by atoms with Crippen molar-refractivity contribution in [2.75, 3.05) is 6.54 Å². The van der Waals surface area contributed by atoms with Crippen LogP contribution in [0.3, 0.4) is 0 Å². The van der Waals surface area contributed by atoms with Crippen LogP contribution in [0.5, 0.6) is 0 Å². The normalized spacial score (nSPS) is 37.9. The van der Waals surface area contributed by atoms with Gasteiger partial charge in [0, 0.05) is 13.0 Å². The van der Waals surface area contributed by atoms with Gasteiger partial charge in [0.2, 0.25) is 11.8 Å². The summed E-state index contributed by atoms with van der Waals surface area (Å²) in [7, 11) is 0. The molecule has 6 nitrogen and oxygen atoms in total. The zero-order chi connectivity index (χ0) is 18.6. The largest absolute Gasteiger partial charge is 0.390 e. The van der Waals surface area contributed by atoms with Crippen molar-refractivity contribution in [3.63, 3.8) is 0 Å². The zero-order valence-electron chi connectivity index (χ0n) is 16.3. The Kier molecular flexibility index (Phi) is 4.17. The Balaban J connectivity index is 1.59. The molecule has 1 aromatic rings. The highest BCUT2D eigenvalue weighted by Gasteiger charge is 2.65. The minimum absolute atomic E-state index is 0.142. The predicted molar refractivity (Wildman–Crippen MR) is 96.1 cm³/mol. The van der Waals surface area contributed by atoms with Gasteiger partial charge in [0.15, 0.2) is 5.82 Å². The third kappa shape index (κ3) is 2.77. The van der Waals surface area contributed by atoms with E-state index in [1.807, 2.05) is 18.7 Å². The number of aryl methyl sites for hydroxylation is 1. The Labute approximate surface area is 155 Å². The van der Waals surface area contributed by atoms with E-state index in [-0.39, 0.29) is 11.3 Å². The van der Waals surface area contributed by atoms with E-state index in [9.17, 15) is 9.90 Å². The second-order valence-electron chi connectivity index (χ2n) is 9.14. The summed E-state index contributed by atoms with van der Waals surface area (Å²) in [5, 5.41) is 15.1. The standard InChI is InChI=1S/C20H31N3O3/c1-4-15-21-16(26-22-15)10-23(6-3)17(24)19-8-14-7-18(5-2,11-19)12-20(25,9-14)13-19/h14,25H,4-13H2,1-3H3/t14-,18+,19+,20+/m1/s1. The molecule has 4 bridgehead atoms. The summed E-state index contributed by atoms with van der Waals surface area (Å²) in [4.78, 5) is 19.9. The van der Waals surface area contributed by atoms with Gasteiger partial charge in [0.25, 0.3) is 0 Å². The number of aromatic nitrogens is 2. The fraction of sp³-hybridized carbons (Fsp3) is 0.850. The lowest BCUT2D eigenvalue weighted by molar-refractivity contribution is -0.210. The fourth-order valence-electron chi connectivity index (χ4n) is 6.54. The van der Waals surface area contributed by atoms with Crippen molar-refractivity contribution in [1.29, 1.82) is 0 Å². The van der Waals surface area contributed by atoms with E-state index in [0.717, 1.165) is 38.5 Å². The van der Waals surface area contributed by atoms with Crippen molar-refractivity contribution in [2.45, 2.75) is 84.3 Å². The molecular formula is C20H31N3O3. The summed E-state index contributed by atoms with van der Waals surface area (Å²) < 4.78 is 5.31. The molecule has 1 N–H and O–H groups in total. The van der Waals surface area contributed by atoms with E-state index in [4.69, 9.17) is 4.52 Å². The lowest BCUT2D eigenvalue weighted by atomic mass is 9.42. The van der Waals surface area contributed by atoms with Crippen LogP contribution in [0.1, 0.15) is 77.4 Å². The van der Waals surface area contributed by atoms with Crippen molar-refractivity contribution < 1.29 is 14.4 Å². The van der Waals surface area contributed by atoms with Crippen LogP contribution >= 0.6 is 0 Å². The predicted octanol–water partition coefficient (Wildman–Crippen LogP) is 3.09. The molecule has 4 saturated carbocycles. The summed E-state index contributed by atoms with van der Waals surface area (Å²) in [6, 6.07) is 0. The highest BCUT2D eigenvalue weighted by Crippen LogP contribution is 2.68. The first-order chi connectivity index (χ1) is 12.3. The number of nitrogens with zero attached hydrogens (tertiary/aromatic N) is 3. The molecule has 4 aliphatic carbocycles. The third-order valence-electron chi connectivity index (χ3n) is 7.18. The minimum atomic E-state index is -0.648. The molecule has 144 valence electrons. The molecule has 0 unspecified atom stereocenters. The number of hydrogen-bond acceptors (Lipinski definition) is 5. The Hall–Kier alpha value is -1.43. The van der Waals surface area contributed by atoms with Crippen LogP contribution in [0.15, 0.2) is 4.52 Å². The molecule has 6 heteroatoms. The van der Waals surface area contributed by atoms with Gasteiger partial charge in [-0.05, 0) is 56.8 Å². The smallest absolute Gasteiger partial charge is 0.246 e. The molecule has 0 radical (unpaired) electrons. The van der Waals surface area contributed by atoms with E-state index in [1.165, 1.54) is 6.42 Å². The van der Waals surface area contributed by atoms with Crippen molar-refractivity contribution >= 4 is 5.91 Å². The van der Waals surface area contributed by atoms with E-state index < -0.39 is 11.0 Å². The van der Waals surface area contributed by atoms with Gasteiger partial charge in [-0.25, -0.2) is 0 Å². The maximum absolute atomic E-state index is 13.6. The lowest BCUT2D eigenvalue weighted by Gasteiger charge is -2.64. The first-order valence-electron chi connectivity index (χ1n) is 10.2. The Morgan fingerprint density at radius 2 is 2.04 bits per heavy atom. The zero-order valence-corrected chi connectivity index (χ0v) is 16.3. The van der Waals surface area contributed by atoms with Crippen LogP contribution < -0.4 is 0 Å². The number of carbonyl (C=O) groups is 1. The fourth-order valence-corrected chi connectivity index (χ4v) is 6.54. The maximum atomic E-state index is 13.6. The minimum Gasteiger partial charge on any atom is -0.390 e. The molecule has 4 fully saturated rings. The van der Waals surface area contributed by atoms with Gasteiger partial charge in [-0.1, -0.05) is 25.4 Å². The average Bonchev–Trinajstić information content (AvgIpc) is 3.04. The first kappa shape index (κ1) is 18.0. The third-order valence-corrected chi connectivity index (χ3v) is 7.18. The van der Waals surface area contributed by atoms with E-state index in [0.29, 0.717) is 37.1 Å². The van der Waals surface area contributed by atoms with Gasteiger partial charge in [0.1, 0.15) is 0 Å². The van der Waals surface area contributed by atoms with Gasteiger partial charge in [-0.2, -0.15) is 4.98 Å². The molecule has 0 saturated heterocycles. The van der Waals surface area contributed by atoms with Crippen LogP contribution in [0.2, 0.25) is 0 Å². The van der Waals surface area contributed by atoms with Crippen molar-refractivity contribution in [3.8, 4) is 0 Å². The van der Waals surface area contributed by atoms with Gasteiger partial charge in [0.05, 0.1) is 17.6 Å². The lowest BCUT2D eigenvalue weighted by Crippen LogP contribution is -2.64. The Morgan fingerprint density at radius 3 is 2.65 bits per heavy atom. The van der Waals surface area contributed by atoms with Crippen LogP contribution in [-0.4, -0.2) is 38.2 Å². The van der Waals surface area contributed by atoms with Gasteiger partial charge < -0.3 is 14.5 Å². The summed E-state index contributed by atoms with van der Waals surface area (Å²) >= 11 is 0. The summed E-state index contributed by atoms with van der Waals surface area (Å²) in [5.41, 5.74) is -0.915. The van der Waals surface area contributed by atoms with E-state index in [1.54, 1.807) is 0 Å². The molecule has 0 aromatic carbocycles. The van der Waals surface area contributed by atoms with Gasteiger partial charge >= 0.3 is 0 Å². The summed E-state index contributed by atoms with van der Waals surface area (Å²) in [6.07, 6.45) is 7.17. The van der Waals surface area contributed by atoms with Crippen LogP contribution in [0.4, 0.5) is 0 Å². The molecule has 1 heterocycles. The van der Waals surface area contributed by atoms with Crippen molar-refractivity contribution in [2.24, 2.45) is 16.7 Å². The summed E-state index contributed by atoms with van der Waals surface area (Å²) in [5.74, 6) is 1.84. The highest BCUT2D eigenvalue weighted by molar-refractivity contribution is 5.83. The highest BCUT2D eigenvalue weighted by atomic mass is 16.5. The second-order valence-corrected chi connectivity index (χ2v) is 9.14. The Bertz CT molecular complexity index is 704. The quantitative estimate of drug-likeness (QED) is 0.842. The Morgan fingerprint density at radius 1 is 1.23 bits per heavy atom. The molecule has 0 spiro atoms. The molecule has 0 aliphatic heterocycles. The topological polar surface area (TPSA) is 79.5 Å². The van der Waals surface area contributed by atoms with Crippen LogP contribution in [-0.2, 0) is 17.8 Å². The summed E-state index contributed by atoms with van der Waals surface area (Å²) in [6.45, 7) is 7.19. The maximum Gasteiger partial charge on any atom is 0.246 e. The number of amides is 1. The van der Waals surface area contributed by atoms with E-state index >= 15 is 0 Å². The molecule has 1 amide bonds. The van der Waals surface area contributed by atoms with Crippen LogP contribution in [0.25, 0.3) is 0 Å². The number of hydrogen-bond donors (Lipinski definition) is 1. The second kappa shape index (κ2) is 6.04. The van der Waals surface area contributed by atoms with Gasteiger partial charge in [-0.15, -0.1) is 0 Å². The molecule has 4 atom stereocenters. The number of carbonyl (C=O) groups excluding carboxylic acids is 1. The van der Waals surface area contributed by atoms with Gasteiger partial charge in [-0.3, -0.25) is 4.79 Å². The monoisotopic (exact) mass is 361 g/mol. The molecular weight excluding hydrogens is 330 g/mol. The van der Waals surface area contributed by atoms with Crippen molar-refractivity contribution in [1.82, 2.24) is 15.0 Å². The van der Waals surface area contributed by atoms with Crippen LogP contribution in [0, 0.1) is 16.7 Å². The van der Waals surface area contributed by atoms with E-state index in [2.05, 4.69) is 17.1 Å². The molecule has 5 rings (SSSR count). The average molecular weight is 361 g/mol.